The molecular formula is C32H34N2O5. The summed E-state index contributed by atoms with van der Waals surface area (Å²) >= 11 is 0. The maximum Gasteiger partial charge on any atom is 0.300 e. The summed E-state index contributed by atoms with van der Waals surface area (Å²) in [6.07, 6.45) is 2.31. The molecule has 0 saturated carbocycles. The van der Waals surface area contributed by atoms with Gasteiger partial charge in [-0.15, -0.1) is 0 Å². The van der Waals surface area contributed by atoms with Crippen molar-refractivity contribution >= 4 is 28.8 Å². The maximum atomic E-state index is 13.5. The number of anilines is 2. The largest absolute Gasteiger partial charge is 0.508 e. The molecule has 3 aromatic carbocycles. The molecule has 2 aliphatic heterocycles. The first-order valence-electron chi connectivity index (χ1n) is 13.5. The molecule has 1 atom stereocenters. The molecule has 3 aromatic rings. The summed E-state index contributed by atoms with van der Waals surface area (Å²) in [5.74, 6) is -0.805. The summed E-state index contributed by atoms with van der Waals surface area (Å²) in [7, 11) is 0. The van der Waals surface area contributed by atoms with Crippen LogP contribution < -0.4 is 14.5 Å². The number of ketones is 1. The fourth-order valence-electron chi connectivity index (χ4n) is 5.46. The van der Waals surface area contributed by atoms with Crippen LogP contribution in [-0.4, -0.2) is 41.6 Å². The van der Waals surface area contributed by atoms with Gasteiger partial charge in [-0.3, -0.25) is 14.5 Å². The van der Waals surface area contributed by atoms with E-state index >= 15 is 0 Å². The molecule has 0 bridgehead atoms. The Morgan fingerprint density at radius 1 is 0.949 bits per heavy atom. The highest BCUT2D eigenvalue weighted by atomic mass is 16.5. The summed E-state index contributed by atoms with van der Waals surface area (Å²) in [6.45, 7) is 8.48. The number of nitrogens with zero attached hydrogens (tertiary/aromatic N) is 2. The number of carbonyl (C=O) groups excluding carboxylic acids is 2. The van der Waals surface area contributed by atoms with Crippen molar-refractivity contribution in [2.75, 3.05) is 29.5 Å². The Morgan fingerprint density at radius 3 is 2.21 bits per heavy atom. The fourth-order valence-corrected chi connectivity index (χ4v) is 5.46. The number of carbonyl (C=O) groups is 2. The van der Waals surface area contributed by atoms with Crippen molar-refractivity contribution in [2.24, 2.45) is 0 Å². The van der Waals surface area contributed by atoms with Gasteiger partial charge in [-0.25, -0.2) is 0 Å². The van der Waals surface area contributed by atoms with Crippen molar-refractivity contribution < 1.29 is 24.5 Å². The Labute approximate surface area is 228 Å². The molecule has 0 aliphatic carbocycles. The Morgan fingerprint density at radius 2 is 1.59 bits per heavy atom. The number of ether oxygens (including phenoxy) is 1. The van der Waals surface area contributed by atoms with E-state index in [1.165, 1.54) is 17.0 Å². The van der Waals surface area contributed by atoms with E-state index < -0.39 is 17.7 Å². The van der Waals surface area contributed by atoms with Crippen LogP contribution in [0.3, 0.4) is 0 Å². The second-order valence-corrected chi connectivity index (χ2v) is 10.3. The molecular weight excluding hydrogens is 492 g/mol. The highest BCUT2D eigenvalue weighted by molar-refractivity contribution is 6.51. The summed E-state index contributed by atoms with van der Waals surface area (Å²) in [6, 6.07) is 18.4. The van der Waals surface area contributed by atoms with Crippen LogP contribution in [0.2, 0.25) is 0 Å². The molecule has 39 heavy (non-hydrogen) atoms. The SMILES string of the molecule is CCOc1ccc(/C(O)=C2/C(=O)C(=O)N(c3ccc(N4CCCC4)cc3)C2c2ccc(O)cc2)cc1C(C)C. The molecule has 0 radical (unpaired) electrons. The monoisotopic (exact) mass is 526 g/mol. The smallest absolute Gasteiger partial charge is 0.300 e. The van der Waals surface area contributed by atoms with Gasteiger partial charge in [0.2, 0.25) is 0 Å². The minimum absolute atomic E-state index is 0.00757. The van der Waals surface area contributed by atoms with Crippen LogP contribution in [-0.2, 0) is 9.59 Å². The number of amides is 1. The first kappa shape index (κ1) is 26.4. The number of aliphatic hydroxyl groups is 1. The van der Waals surface area contributed by atoms with Crippen molar-refractivity contribution in [3.63, 3.8) is 0 Å². The van der Waals surface area contributed by atoms with E-state index in [1.807, 2.05) is 51.1 Å². The molecule has 2 fully saturated rings. The lowest BCUT2D eigenvalue weighted by Gasteiger charge is -2.26. The number of hydrogen-bond donors (Lipinski definition) is 2. The summed E-state index contributed by atoms with van der Waals surface area (Å²) < 4.78 is 5.77. The van der Waals surface area contributed by atoms with Crippen molar-refractivity contribution in [3.05, 3.63) is 89.0 Å². The number of phenols is 1. The van der Waals surface area contributed by atoms with Gasteiger partial charge in [-0.1, -0.05) is 26.0 Å². The van der Waals surface area contributed by atoms with E-state index in [1.54, 1.807) is 24.3 Å². The van der Waals surface area contributed by atoms with Gasteiger partial charge in [0.05, 0.1) is 18.2 Å². The number of aliphatic hydroxyl groups excluding tert-OH is 1. The number of aromatic hydroxyl groups is 1. The zero-order valence-corrected chi connectivity index (χ0v) is 22.6. The molecule has 7 nitrogen and oxygen atoms in total. The third-order valence-corrected chi connectivity index (χ3v) is 7.46. The van der Waals surface area contributed by atoms with Crippen molar-refractivity contribution in [1.29, 1.82) is 0 Å². The predicted octanol–water partition coefficient (Wildman–Crippen LogP) is 6.14. The van der Waals surface area contributed by atoms with Gasteiger partial charge >= 0.3 is 0 Å². The molecule has 1 amide bonds. The number of benzene rings is 3. The van der Waals surface area contributed by atoms with E-state index in [4.69, 9.17) is 4.74 Å². The maximum absolute atomic E-state index is 13.5. The first-order valence-corrected chi connectivity index (χ1v) is 13.5. The van der Waals surface area contributed by atoms with Crippen LogP contribution in [0.15, 0.2) is 72.3 Å². The summed E-state index contributed by atoms with van der Waals surface area (Å²) in [5.41, 5.74) is 3.58. The first-order chi connectivity index (χ1) is 18.8. The van der Waals surface area contributed by atoms with Crippen molar-refractivity contribution in [2.45, 2.75) is 45.6 Å². The third-order valence-electron chi connectivity index (χ3n) is 7.46. The quantitative estimate of drug-likeness (QED) is 0.218. The summed E-state index contributed by atoms with van der Waals surface area (Å²) in [4.78, 5) is 30.8. The van der Waals surface area contributed by atoms with E-state index in [9.17, 15) is 19.8 Å². The molecule has 7 heteroatoms. The van der Waals surface area contributed by atoms with Crippen LogP contribution in [0, 0.1) is 0 Å². The second kappa shape index (κ2) is 10.8. The van der Waals surface area contributed by atoms with E-state index in [0.29, 0.717) is 23.4 Å². The highest BCUT2D eigenvalue weighted by Crippen LogP contribution is 2.43. The Balaban J connectivity index is 1.63. The Kier molecular flexibility index (Phi) is 7.33. The summed E-state index contributed by atoms with van der Waals surface area (Å²) in [5, 5.41) is 21.5. The number of rotatable bonds is 7. The standard InChI is InChI=1S/C32H34N2O5/c1-4-39-27-16-9-22(19-26(27)20(2)3)30(36)28-29(21-7-14-25(35)15-8-21)34(32(38)31(28)37)24-12-10-23(11-13-24)33-17-5-6-18-33/h7-16,19-20,29,35-36H,4-6,17-18H2,1-3H3/b30-28-. The van der Waals surface area contributed by atoms with Gasteiger partial charge in [0.25, 0.3) is 11.7 Å². The van der Waals surface area contributed by atoms with Crippen LogP contribution in [0.5, 0.6) is 11.5 Å². The average Bonchev–Trinajstić information content (AvgIpc) is 3.56. The topological polar surface area (TPSA) is 90.3 Å². The minimum atomic E-state index is -0.864. The Bertz CT molecular complexity index is 1400. The average molecular weight is 527 g/mol. The van der Waals surface area contributed by atoms with Gasteiger partial charge in [0, 0.05) is 30.0 Å². The van der Waals surface area contributed by atoms with Crippen LogP contribution >= 0.6 is 0 Å². The molecule has 5 rings (SSSR count). The van der Waals surface area contributed by atoms with Gasteiger partial charge in [0.1, 0.15) is 17.3 Å². The normalized spacial score (nSPS) is 18.8. The lowest BCUT2D eigenvalue weighted by Crippen LogP contribution is -2.29. The van der Waals surface area contributed by atoms with E-state index in [2.05, 4.69) is 4.90 Å². The lowest BCUT2D eigenvalue weighted by atomic mass is 9.93. The molecule has 0 aromatic heterocycles. The third kappa shape index (κ3) is 4.97. The molecule has 2 aliphatic rings. The molecule has 202 valence electrons. The number of hydrogen-bond acceptors (Lipinski definition) is 6. The number of Topliss-reactive ketones (excluding diaryl/α,β-unsaturated/α-hetero) is 1. The number of phenolic OH excluding ortho intramolecular Hbond substituents is 1. The molecule has 1 unspecified atom stereocenters. The van der Waals surface area contributed by atoms with Crippen LogP contribution in [0.1, 0.15) is 62.3 Å². The molecule has 2 heterocycles. The zero-order chi connectivity index (χ0) is 27.7. The minimum Gasteiger partial charge on any atom is -0.508 e. The molecule has 0 spiro atoms. The highest BCUT2D eigenvalue weighted by Gasteiger charge is 2.47. The molecule has 2 N–H and O–H groups in total. The second-order valence-electron chi connectivity index (χ2n) is 10.3. The van der Waals surface area contributed by atoms with E-state index in [-0.39, 0.29) is 23.0 Å². The van der Waals surface area contributed by atoms with Gasteiger partial charge in [-0.05, 0) is 91.4 Å². The Hall–Kier alpha value is -4.26. The van der Waals surface area contributed by atoms with Gasteiger partial charge in [-0.2, -0.15) is 0 Å². The van der Waals surface area contributed by atoms with Crippen LogP contribution in [0.4, 0.5) is 11.4 Å². The molecule has 2 saturated heterocycles. The fraction of sp³-hybridized carbons (Fsp3) is 0.312. The van der Waals surface area contributed by atoms with Gasteiger partial charge in [0.15, 0.2) is 0 Å². The van der Waals surface area contributed by atoms with Gasteiger partial charge < -0.3 is 19.8 Å². The lowest BCUT2D eigenvalue weighted by molar-refractivity contribution is -0.132. The van der Waals surface area contributed by atoms with Crippen molar-refractivity contribution in [1.82, 2.24) is 0 Å². The predicted molar refractivity (Wildman–Crippen MR) is 152 cm³/mol. The van der Waals surface area contributed by atoms with Crippen LogP contribution in [0.25, 0.3) is 5.76 Å². The van der Waals surface area contributed by atoms with E-state index in [0.717, 1.165) is 42.9 Å². The zero-order valence-electron chi connectivity index (χ0n) is 22.6. The van der Waals surface area contributed by atoms with Crippen molar-refractivity contribution in [3.8, 4) is 11.5 Å².